The van der Waals surface area contributed by atoms with Crippen molar-refractivity contribution < 1.29 is 9.53 Å². The number of aliphatic hydroxyl groups is 1. The molecular weight excluding hydrogens is 252 g/mol. The summed E-state index contributed by atoms with van der Waals surface area (Å²) in [7, 11) is -1.82. The Hall–Kier alpha value is -0.563. The highest BCUT2D eigenvalue weighted by atomic mass is 28.4. The van der Waals surface area contributed by atoms with E-state index in [-0.39, 0.29) is 23.7 Å². The summed E-state index contributed by atoms with van der Waals surface area (Å²) in [5.74, 6) is 2.86. The fourth-order valence-corrected chi connectivity index (χ4v) is 3.10. The molecular formula is C16H30O2Si. The molecule has 0 aliphatic heterocycles. The Labute approximate surface area is 120 Å². The van der Waals surface area contributed by atoms with Gasteiger partial charge in [0.25, 0.3) is 0 Å². The van der Waals surface area contributed by atoms with E-state index in [2.05, 4.69) is 52.8 Å². The predicted octanol–water partition coefficient (Wildman–Crippen LogP) is 3.97. The van der Waals surface area contributed by atoms with Crippen molar-refractivity contribution in [2.24, 2.45) is 5.92 Å². The third-order valence-corrected chi connectivity index (χ3v) is 8.50. The maximum Gasteiger partial charge on any atom is 0.192 e. The minimum absolute atomic E-state index is 0.0363. The largest absolute Gasteiger partial charge is 0.413 e. The number of hydrogen-bond donors (Lipinski definition) is 1. The highest BCUT2D eigenvalue weighted by Gasteiger charge is 2.39. The lowest BCUT2D eigenvalue weighted by Gasteiger charge is -2.40. The molecule has 0 unspecified atom stereocenters. The second-order valence-electron chi connectivity index (χ2n) is 6.78. The van der Waals surface area contributed by atoms with E-state index in [0.717, 1.165) is 5.57 Å². The molecule has 0 aromatic heterocycles. The number of allylic oxidation sites excluding steroid dienone is 1. The molecule has 0 fully saturated rings. The van der Waals surface area contributed by atoms with Crippen LogP contribution in [0, 0.1) is 18.3 Å². The van der Waals surface area contributed by atoms with Crippen LogP contribution in [0.5, 0.6) is 0 Å². The van der Waals surface area contributed by atoms with E-state index < -0.39 is 8.32 Å². The molecule has 0 bridgehead atoms. The first kappa shape index (κ1) is 18.4. The third kappa shape index (κ3) is 5.95. The van der Waals surface area contributed by atoms with Crippen molar-refractivity contribution in [2.45, 2.75) is 65.3 Å². The second-order valence-corrected chi connectivity index (χ2v) is 11.5. The minimum Gasteiger partial charge on any atom is -0.413 e. The van der Waals surface area contributed by atoms with Gasteiger partial charge in [0.1, 0.15) is 0 Å². The van der Waals surface area contributed by atoms with E-state index in [4.69, 9.17) is 10.8 Å². The zero-order chi connectivity index (χ0) is 15.3. The third-order valence-electron chi connectivity index (χ3n) is 3.99. The van der Waals surface area contributed by atoms with Crippen LogP contribution in [0.3, 0.4) is 0 Å². The van der Waals surface area contributed by atoms with E-state index in [1.807, 2.05) is 6.92 Å². The van der Waals surface area contributed by atoms with Crippen molar-refractivity contribution in [2.75, 3.05) is 6.61 Å². The summed E-state index contributed by atoms with van der Waals surface area (Å²) in [5.41, 5.74) is 0.925. The number of aliphatic hydroxyl groups excluding tert-OH is 1. The van der Waals surface area contributed by atoms with E-state index in [9.17, 15) is 5.11 Å². The van der Waals surface area contributed by atoms with Gasteiger partial charge >= 0.3 is 0 Å². The van der Waals surface area contributed by atoms with Gasteiger partial charge in [-0.2, -0.15) is 0 Å². The summed E-state index contributed by atoms with van der Waals surface area (Å²) < 4.78 is 6.42. The van der Waals surface area contributed by atoms with Gasteiger partial charge in [0.15, 0.2) is 8.32 Å². The van der Waals surface area contributed by atoms with Gasteiger partial charge in [-0.15, -0.1) is 6.42 Å². The van der Waals surface area contributed by atoms with Gasteiger partial charge in [-0.3, -0.25) is 0 Å². The Balaban J connectivity index is 5.00. The van der Waals surface area contributed by atoms with Crippen LogP contribution >= 0.6 is 0 Å². The van der Waals surface area contributed by atoms with Gasteiger partial charge in [0, 0.05) is 12.5 Å². The van der Waals surface area contributed by atoms with Gasteiger partial charge in [0.05, 0.1) is 6.10 Å². The second kappa shape index (κ2) is 7.28. The summed E-state index contributed by atoms with van der Waals surface area (Å²) in [6.07, 6.45) is 8.15. The van der Waals surface area contributed by atoms with Crippen LogP contribution in [0.4, 0.5) is 0 Å². The van der Waals surface area contributed by atoms with E-state index in [1.165, 1.54) is 0 Å². The molecule has 19 heavy (non-hydrogen) atoms. The maximum absolute atomic E-state index is 9.25. The Morgan fingerprint density at radius 3 is 2.32 bits per heavy atom. The summed E-state index contributed by atoms with van der Waals surface area (Å²) >= 11 is 0. The molecule has 0 saturated carbocycles. The molecule has 0 saturated heterocycles. The summed E-state index contributed by atoms with van der Waals surface area (Å²) in [6, 6.07) is 0. The summed E-state index contributed by atoms with van der Waals surface area (Å²) in [6.45, 7) is 15.3. The Bertz CT molecular complexity index is 345. The molecule has 0 rings (SSSR count). The average Bonchev–Trinajstić information content (AvgIpc) is 2.26. The number of terminal acetylenes is 1. The monoisotopic (exact) mass is 282 g/mol. The first-order valence-corrected chi connectivity index (χ1v) is 9.89. The first-order chi connectivity index (χ1) is 8.55. The van der Waals surface area contributed by atoms with Crippen molar-refractivity contribution in [1.29, 1.82) is 0 Å². The van der Waals surface area contributed by atoms with E-state index in [0.29, 0.717) is 6.42 Å². The molecule has 0 aromatic carbocycles. The molecule has 3 heteroatoms. The van der Waals surface area contributed by atoms with Gasteiger partial charge in [0.2, 0.25) is 0 Å². The fourth-order valence-electron chi connectivity index (χ4n) is 1.66. The van der Waals surface area contributed by atoms with Gasteiger partial charge in [-0.25, -0.2) is 0 Å². The normalized spacial score (nSPS) is 16.9. The van der Waals surface area contributed by atoms with Gasteiger partial charge < -0.3 is 9.53 Å². The van der Waals surface area contributed by atoms with Gasteiger partial charge in [-0.05, 0) is 37.0 Å². The van der Waals surface area contributed by atoms with E-state index >= 15 is 0 Å². The van der Waals surface area contributed by atoms with Crippen LogP contribution < -0.4 is 0 Å². The van der Waals surface area contributed by atoms with Crippen LogP contribution in [0.2, 0.25) is 18.1 Å². The lowest BCUT2D eigenvalue weighted by molar-refractivity contribution is 0.111. The minimum atomic E-state index is -1.82. The molecule has 0 aromatic rings. The standard InChI is InChI=1S/C16H30O2Si/c1-9-13(2)12-14(3)15(10-11-17)18-19(7,8)16(4,5)6/h1,12,14-15,17H,10-11H2,2-8H3/t14-,15-/m0/s1. The predicted molar refractivity (Wildman–Crippen MR) is 85.5 cm³/mol. The molecule has 110 valence electrons. The summed E-state index contributed by atoms with van der Waals surface area (Å²) in [5, 5.41) is 9.42. The van der Waals surface area contributed by atoms with Crippen molar-refractivity contribution >= 4 is 8.32 Å². The van der Waals surface area contributed by atoms with Gasteiger partial charge in [-0.1, -0.05) is 39.7 Å². The molecule has 0 aliphatic rings. The summed E-state index contributed by atoms with van der Waals surface area (Å²) in [4.78, 5) is 0. The van der Waals surface area contributed by atoms with Crippen molar-refractivity contribution in [3.05, 3.63) is 11.6 Å². The molecule has 0 aliphatic carbocycles. The van der Waals surface area contributed by atoms with Crippen LogP contribution in [0.1, 0.15) is 41.0 Å². The molecule has 2 nitrogen and oxygen atoms in total. The zero-order valence-electron chi connectivity index (χ0n) is 13.6. The topological polar surface area (TPSA) is 29.5 Å². The Morgan fingerprint density at radius 2 is 1.95 bits per heavy atom. The van der Waals surface area contributed by atoms with Crippen molar-refractivity contribution in [3.8, 4) is 12.3 Å². The lowest BCUT2D eigenvalue weighted by atomic mass is 10.00. The lowest BCUT2D eigenvalue weighted by Crippen LogP contribution is -2.45. The molecule has 0 heterocycles. The molecule has 2 atom stereocenters. The molecule has 0 radical (unpaired) electrons. The molecule has 1 N–H and O–H groups in total. The van der Waals surface area contributed by atoms with Crippen molar-refractivity contribution in [1.82, 2.24) is 0 Å². The smallest absolute Gasteiger partial charge is 0.192 e. The quantitative estimate of drug-likeness (QED) is 0.590. The highest BCUT2D eigenvalue weighted by Crippen LogP contribution is 2.38. The van der Waals surface area contributed by atoms with Crippen LogP contribution in [0.25, 0.3) is 0 Å². The van der Waals surface area contributed by atoms with Crippen molar-refractivity contribution in [3.63, 3.8) is 0 Å². The number of rotatable bonds is 6. The Morgan fingerprint density at radius 1 is 1.42 bits per heavy atom. The average molecular weight is 282 g/mol. The molecule has 0 amide bonds. The Kier molecular flexibility index (Phi) is 7.07. The van der Waals surface area contributed by atoms with Crippen LogP contribution in [-0.2, 0) is 4.43 Å². The first-order valence-electron chi connectivity index (χ1n) is 6.99. The fraction of sp³-hybridized carbons (Fsp3) is 0.750. The van der Waals surface area contributed by atoms with Crippen LogP contribution in [-0.4, -0.2) is 26.1 Å². The zero-order valence-corrected chi connectivity index (χ0v) is 14.6. The highest BCUT2D eigenvalue weighted by molar-refractivity contribution is 6.74. The van der Waals surface area contributed by atoms with Crippen LogP contribution in [0.15, 0.2) is 11.6 Å². The maximum atomic E-state index is 9.25. The SMILES string of the molecule is C#CC(C)=C[C@H](C)[C@H](CCO)O[Si](C)(C)C(C)(C)C. The molecule has 0 spiro atoms. The van der Waals surface area contributed by atoms with E-state index in [1.54, 1.807) is 0 Å². The number of hydrogen-bond acceptors (Lipinski definition) is 2.